The Kier molecular flexibility index (Phi) is 56.3. The molecule has 0 saturated heterocycles. The molecule has 0 radical (unpaired) electrons. The molecule has 0 heterocycles. The molecule has 0 bridgehead atoms. The predicted octanol–water partition coefficient (Wildman–Crippen LogP) is 19.1. The maximum Gasteiger partial charge on any atom is 0.330 e. The molecule has 18 nitrogen and oxygen atoms in total. The van der Waals surface area contributed by atoms with Crippen LogP contribution >= 0.6 is 75.3 Å². The molecule has 29 heteroatoms. The number of rotatable bonds is 31. The number of carbonyl (C=O) groups excluding carboxylic acids is 6. The number of hydrogen-bond acceptors (Lipinski definition) is 18. The van der Waals surface area contributed by atoms with Crippen LogP contribution in [0.25, 0.3) is 6.08 Å². The molecule has 124 heavy (non-hydrogen) atoms. The summed E-state index contributed by atoms with van der Waals surface area (Å²) in [7, 11) is 7.80. The topological polar surface area (TPSA) is 230 Å². The highest BCUT2D eigenvalue weighted by Crippen LogP contribution is 2.39. The van der Waals surface area contributed by atoms with Crippen molar-refractivity contribution in [2.45, 2.75) is 117 Å². The first-order chi connectivity index (χ1) is 57.9. The second-order valence-electron chi connectivity index (χ2n) is 26.3. The van der Waals surface area contributed by atoms with Gasteiger partial charge in [-0.1, -0.05) is 184 Å². The zero-order chi connectivity index (χ0) is 89.3. The Bertz CT molecular complexity index is 4820. The summed E-state index contributed by atoms with van der Waals surface area (Å²) in [6.07, 6.45) is 3.49. The van der Waals surface area contributed by atoms with Gasteiger partial charge < -0.3 is 67.8 Å². The van der Waals surface area contributed by atoms with Gasteiger partial charge in [-0.15, -0.1) is 0 Å². The molecule has 0 fully saturated rings. The molecule has 10 rings (SSSR count). The van der Waals surface area contributed by atoms with Crippen molar-refractivity contribution in [2.24, 2.45) is 5.73 Å². The van der Waals surface area contributed by atoms with E-state index in [0.29, 0.717) is 62.1 Å². The first-order valence-corrected chi connectivity index (χ1v) is 41.8. The molecule has 4 N–H and O–H groups in total. The lowest BCUT2D eigenvalue weighted by atomic mass is 9.96. The third-order valence-electron chi connectivity index (χ3n) is 17.7. The van der Waals surface area contributed by atoms with Gasteiger partial charge in [0.05, 0.1) is 68.2 Å². The van der Waals surface area contributed by atoms with E-state index in [0.717, 1.165) is 68.5 Å². The molecule has 6 atom stereocenters. The van der Waals surface area contributed by atoms with Crippen molar-refractivity contribution in [3.8, 4) is 23.0 Å². The maximum atomic E-state index is 13.9. The van der Waals surface area contributed by atoms with Gasteiger partial charge in [0, 0.05) is 78.9 Å². The summed E-state index contributed by atoms with van der Waals surface area (Å²) in [6, 6.07) is 69.1. The third-order valence-corrected chi connectivity index (χ3v) is 20.6. The van der Waals surface area contributed by atoms with Crippen molar-refractivity contribution in [3.05, 3.63) is 341 Å². The molecule has 0 spiro atoms. The number of aldehydes is 1. The fourth-order valence-corrected chi connectivity index (χ4v) is 13.5. The van der Waals surface area contributed by atoms with E-state index in [1.54, 1.807) is 73.5 Å². The van der Waals surface area contributed by atoms with Crippen LogP contribution < -0.4 is 40.0 Å². The summed E-state index contributed by atoms with van der Waals surface area (Å²) < 4.78 is 94.6. The van der Waals surface area contributed by atoms with E-state index in [1.165, 1.54) is 78.9 Å². The van der Waals surface area contributed by atoms with Crippen LogP contribution in [-0.2, 0) is 56.0 Å². The lowest BCUT2D eigenvalue weighted by Crippen LogP contribution is -3.00. The Morgan fingerprint density at radius 3 is 1.26 bits per heavy atom. The van der Waals surface area contributed by atoms with Gasteiger partial charge in [0.2, 0.25) is 5.24 Å². The third kappa shape index (κ3) is 42.2. The molecule has 10 aromatic carbocycles. The summed E-state index contributed by atoms with van der Waals surface area (Å²) in [5.41, 5.74) is 15.4. The smallest absolute Gasteiger partial charge is 0.330 e. The van der Waals surface area contributed by atoms with E-state index < -0.39 is 17.2 Å². The number of ether oxygens (including phenoxy) is 8. The number of nitrogens with zero attached hydrogens (tertiary/aromatic N) is 1. The number of methoxy groups -OCH3 is 5. The quantitative estimate of drug-likeness (QED) is 0.00422. The Labute approximate surface area is 767 Å². The van der Waals surface area contributed by atoms with E-state index in [4.69, 9.17) is 50.5 Å². The van der Waals surface area contributed by atoms with Gasteiger partial charge in [0.1, 0.15) is 52.7 Å². The Morgan fingerprint density at radius 2 is 0.871 bits per heavy atom. The van der Waals surface area contributed by atoms with Crippen molar-refractivity contribution in [3.63, 3.8) is 0 Å². The number of carbonyl (C=O) groups is 6. The molecule has 0 amide bonds. The molecule has 672 valence electrons. The maximum absolute atomic E-state index is 13.9. The van der Waals surface area contributed by atoms with Crippen LogP contribution in [0.3, 0.4) is 0 Å². The summed E-state index contributed by atoms with van der Waals surface area (Å²) in [5, 5.41) is 6.26. The number of nitrogens with two attached hydrogens (primary N) is 1. The van der Waals surface area contributed by atoms with Crippen LogP contribution in [0, 0.1) is 30.7 Å². The van der Waals surface area contributed by atoms with Gasteiger partial charge in [-0.2, -0.15) is 0 Å². The van der Waals surface area contributed by atoms with Crippen LogP contribution in [0.4, 0.5) is 17.6 Å². The molecule has 0 aliphatic heterocycles. The monoisotopic (exact) mass is 1990 g/mol. The number of hydrogen-bond donors (Lipinski definition) is 3. The van der Waals surface area contributed by atoms with Gasteiger partial charge in [0.15, 0.2) is 6.29 Å². The second-order valence-corrected chi connectivity index (χ2v) is 30.1. The van der Waals surface area contributed by atoms with Crippen molar-refractivity contribution < 1.29 is 90.4 Å². The molecule has 0 aromatic heterocycles. The van der Waals surface area contributed by atoms with Crippen molar-refractivity contribution in [1.29, 1.82) is 0 Å². The van der Waals surface area contributed by atoms with E-state index in [1.807, 2.05) is 123 Å². The normalized spacial score (nSPS) is 11.6. The molecule has 0 aliphatic carbocycles. The highest BCUT2D eigenvalue weighted by Gasteiger charge is 2.31. The molecule has 0 unspecified atom stereocenters. The Morgan fingerprint density at radius 1 is 0.484 bits per heavy atom. The average Bonchev–Trinajstić information content (AvgIpc) is 0.799. The van der Waals surface area contributed by atoms with E-state index in [9.17, 15) is 46.3 Å². The van der Waals surface area contributed by atoms with Crippen molar-refractivity contribution in [1.82, 2.24) is 15.5 Å². The number of benzene rings is 10. The minimum atomic E-state index is -0.697. The number of halogens is 10. The van der Waals surface area contributed by atoms with Gasteiger partial charge in [0.25, 0.3) is 0 Å². The minimum absolute atomic E-state index is 0. The minimum Gasteiger partial charge on any atom is -1.00 e. The van der Waals surface area contributed by atoms with E-state index >= 15 is 0 Å². The Balaban J connectivity index is 0.00000150. The molecular formula is C95H111BBr4ClF5N4O14-4. The first-order valence-electron chi connectivity index (χ1n) is 38.2. The largest absolute Gasteiger partial charge is 1.00 e. The lowest BCUT2D eigenvalue weighted by Gasteiger charge is -2.37. The van der Waals surface area contributed by atoms with Gasteiger partial charge >= 0.3 is 23.9 Å². The van der Waals surface area contributed by atoms with Gasteiger partial charge in [-0.05, 0) is 235 Å². The highest BCUT2D eigenvalue weighted by atomic mass is 79.9. The van der Waals surface area contributed by atoms with Crippen molar-refractivity contribution in [2.75, 3.05) is 55.4 Å². The van der Waals surface area contributed by atoms with E-state index in [-0.39, 0.29) is 107 Å². The lowest BCUT2D eigenvalue weighted by molar-refractivity contribution is -0.145. The van der Waals surface area contributed by atoms with Crippen LogP contribution in [0.1, 0.15) is 166 Å². The van der Waals surface area contributed by atoms with E-state index in [2.05, 4.69) is 146 Å². The standard InChI is InChI=1S/C27H29BrFNO3.C20H23BrFNO3.C16H19NO.C11H10BrFO2.C9H13NO.C7H4BrFO.C4H5ClO3.CH3.BH4.FH.H/c1-4-33-27(31)17-26(24-15-12-22(29)16-25(24)28)30(18-20-8-6-5-7-9-20)19(2)21-10-13-23(32-3)14-11-21;1-4-26-20(24)12-19(17-10-7-15(22)11-18(17)21)23-13(2)14-5-8-16(25-3)9-6-14;1-13(15-8-10-16(18-2)11-9-15)17-12-14-6-4-3-5-7-14;1-2-15-11(14)6-4-8-3-5-9(13)7-10(8)12;1-7(10)8-3-5-9(11-2)6-4-8;8-7-3-6(9)2-1-5(7)4-10;1-8-4(7)2-3(5)6;;;;/h5-16,19,26H,4,17-18H2,1-3H3;5-11,13,19,23H,4,12H2,1-3H3;3-11,13,17H,12H2,1-2H3;3-7H,2H2,1H3;3-7H,10H2,1-2H3;1-4H;2H2,1H3;1H3;1H4;1H;/q;;;;;;;2*-1;;-1/p-1/b;;;6-4+;;;;;;;/t19-,26+;13-,19+;13-;;7-;;;;;;/m000.0....../s1/i;;;;;;;;;;1+1. The number of nitrogens with one attached hydrogen (secondary N) is 2. The fraction of sp³-hybridized carbons (Fsp3) is 0.274. The van der Waals surface area contributed by atoms with Gasteiger partial charge in [-0.3, -0.25) is 28.9 Å². The predicted molar refractivity (Wildman–Crippen MR) is 500 cm³/mol. The number of esters is 4. The first kappa shape index (κ1) is 112. The van der Waals surface area contributed by atoms with Crippen molar-refractivity contribution >= 4 is 125 Å². The van der Waals surface area contributed by atoms with Crippen LogP contribution in [0.15, 0.2) is 254 Å². The zero-order valence-electron chi connectivity index (χ0n) is 71.8. The van der Waals surface area contributed by atoms with Crippen LogP contribution in [0.5, 0.6) is 23.0 Å². The molecular weight excluding hydrogens is 1880 g/mol. The van der Waals surface area contributed by atoms with Crippen LogP contribution in [-0.4, -0.2) is 104 Å². The summed E-state index contributed by atoms with van der Waals surface area (Å²) >= 11 is 18.0. The van der Waals surface area contributed by atoms with Gasteiger partial charge in [-0.25, -0.2) is 22.4 Å². The fourth-order valence-electron chi connectivity index (χ4n) is 11.2. The second kappa shape index (κ2) is 62.3. The average molecular weight is 1990 g/mol. The van der Waals surface area contributed by atoms with Crippen LogP contribution in [0.2, 0.25) is 0 Å². The highest BCUT2D eigenvalue weighted by molar-refractivity contribution is 9.11. The molecule has 0 saturated carbocycles. The summed E-state index contributed by atoms with van der Waals surface area (Å²) in [4.78, 5) is 68.1. The SMILES string of the molecule is CCOC(=O)/C=C/c1ccc(F)cc1Br.CCOC(=O)C[C@@H](N[C@@H](C)c1ccc(OC)cc1)c1ccc(F)cc1Br.CCOC(=O)C[C@H](c1ccc(F)cc1Br)N(Cc1ccccc1)[C@@H](C)c1ccc(OC)cc1.COC(=O)CC(=O)Cl.COc1ccc([C@H](C)N)cc1.COc1ccc([C@H](C)NCc2ccccc2)cc1.O=Cc1ccc(F)cc1Br.[2H-].[BH4-].[CH3-].[F-]. The zero-order valence-corrected chi connectivity index (χ0v) is 77.9. The summed E-state index contributed by atoms with van der Waals surface area (Å²) in [5.74, 6) is 0.379. The Hall–Kier alpha value is -9.88. The summed E-state index contributed by atoms with van der Waals surface area (Å²) in [6.45, 7) is 16.0. The molecule has 0 aliphatic rings. The molecule has 10 aromatic rings.